The van der Waals surface area contributed by atoms with E-state index in [1.807, 2.05) is 13.8 Å². The highest BCUT2D eigenvalue weighted by molar-refractivity contribution is 7.89. The predicted molar refractivity (Wildman–Crippen MR) is 152 cm³/mol. The zero-order valence-electron chi connectivity index (χ0n) is 22.8. The van der Waals surface area contributed by atoms with Crippen molar-refractivity contribution >= 4 is 39.2 Å². The van der Waals surface area contributed by atoms with Gasteiger partial charge in [0.25, 0.3) is 11.8 Å². The number of hydrogen-bond acceptors (Lipinski definition) is 7. The maximum Gasteiger partial charge on any atom is 0.324 e. The lowest BCUT2D eigenvalue weighted by Crippen LogP contribution is -2.45. The number of benzene rings is 3. The molecule has 0 bridgehead atoms. The van der Waals surface area contributed by atoms with Gasteiger partial charge in [0.2, 0.25) is 10.0 Å². The van der Waals surface area contributed by atoms with Crippen molar-refractivity contribution in [3.8, 4) is 5.75 Å². The van der Waals surface area contributed by atoms with Crippen molar-refractivity contribution in [2.75, 3.05) is 23.8 Å². The van der Waals surface area contributed by atoms with Crippen LogP contribution in [0.5, 0.6) is 5.75 Å². The molecule has 0 fully saturated rings. The van der Waals surface area contributed by atoms with Gasteiger partial charge in [0.15, 0.2) is 6.61 Å². The fraction of sp³-hybridized carbons (Fsp3) is 0.276. The van der Waals surface area contributed by atoms with E-state index in [0.29, 0.717) is 29.3 Å². The molecule has 0 aliphatic rings. The molecule has 10 nitrogen and oxygen atoms in total. The van der Waals surface area contributed by atoms with E-state index in [4.69, 9.17) is 9.47 Å². The van der Waals surface area contributed by atoms with Crippen molar-refractivity contribution < 1.29 is 32.3 Å². The number of amides is 2. The van der Waals surface area contributed by atoms with Crippen molar-refractivity contribution in [3.05, 3.63) is 83.9 Å². The Morgan fingerprint density at radius 1 is 0.825 bits per heavy atom. The first-order valence-electron chi connectivity index (χ1n) is 12.7. The van der Waals surface area contributed by atoms with Crippen molar-refractivity contribution in [2.24, 2.45) is 5.92 Å². The number of aryl methyl sites for hydroxylation is 1. The number of esters is 1. The first-order chi connectivity index (χ1) is 19.0. The van der Waals surface area contributed by atoms with Crippen LogP contribution in [0.2, 0.25) is 0 Å². The van der Waals surface area contributed by atoms with E-state index in [2.05, 4.69) is 15.4 Å². The number of nitrogens with one attached hydrogen (secondary N) is 3. The number of carbonyl (C=O) groups excluding carboxylic acids is 3. The summed E-state index contributed by atoms with van der Waals surface area (Å²) in [6.45, 7) is 6.98. The van der Waals surface area contributed by atoms with Crippen LogP contribution in [0, 0.1) is 12.8 Å². The summed E-state index contributed by atoms with van der Waals surface area (Å²) in [5, 5.41) is 5.36. The maximum atomic E-state index is 12.7. The van der Waals surface area contributed by atoms with Crippen LogP contribution in [0.15, 0.2) is 77.7 Å². The lowest BCUT2D eigenvalue weighted by Gasteiger charge is -2.20. The molecule has 0 aliphatic heterocycles. The summed E-state index contributed by atoms with van der Waals surface area (Å²) in [5.41, 5.74) is 2.26. The van der Waals surface area contributed by atoms with Gasteiger partial charge in [-0.05, 0) is 80.4 Å². The molecule has 2 amide bonds. The molecule has 0 saturated heterocycles. The number of sulfonamides is 1. The van der Waals surface area contributed by atoms with Crippen LogP contribution in [-0.4, -0.2) is 45.5 Å². The van der Waals surface area contributed by atoms with Gasteiger partial charge in [0.05, 0.1) is 11.5 Å². The van der Waals surface area contributed by atoms with Crippen LogP contribution < -0.4 is 20.1 Å². The van der Waals surface area contributed by atoms with Gasteiger partial charge in [-0.2, -0.15) is 4.72 Å². The average Bonchev–Trinajstić information content (AvgIpc) is 2.92. The second-order valence-electron chi connectivity index (χ2n) is 9.30. The van der Waals surface area contributed by atoms with Gasteiger partial charge in [0.1, 0.15) is 11.8 Å². The summed E-state index contributed by atoms with van der Waals surface area (Å²) < 4.78 is 38.3. The van der Waals surface area contributed by atoms with Gasteiger partial charge in [0, 0.05) is 16.9 Å². The molecule has 3 aromatic carbocycles. The van der Waals surface area contributed by atoms with Crippen molar-refractivity contribution in [1.29, 1.82) is 0 Å². The number of carbonyl (C=O) groups is 3. The molecule has 3 rings (SSSR count). The minimum absolute atomic E-state index is 0.0194. The molecule has 0 aromatic heterocycles. The molecule has 212 valence electrons. The molecule has 0 saturated carbocycles. The third-order valence-corrected chi connectivity index (χ3v) is 7.19. The summed E-state index contributed by atoms with van der Waals surface area (Å²) in [7, 11) is -3.98. The molecule has 0 unspecified atom stereocenters. The number of ether oxygens (including phenoxy) is 2. The Bertz CT molecular complexity index is 1420. The SMILES string of the molecule is CCOc1ccc(NC(=O)c2ccc(NC(=O)COC(=O)[C@@H](NS(=O)(=O)c3ccc(C)cc3)C(C)C)cc2)cc1. The second-order valence-corrected chi connectivity index (χ2v) is 11.0. The van der Waals surface area contributed by atoms with E-state index >= 15 is 0 Å². The van der Waals surface area contributed by atoms with E-state index in [1.54, 1.807) is 74.5 Å². The zero-order valence-corrected chi connectivity index (χ0v) is 23.6. The highest BCUT2D eigenvalue weighted by atomic mass is 32.2. The molecule has 0 spiro atoms. The van der Waals surface area contributed by atoms with Gasteiger partial charge < -0.3 is 20.1 Å². The molecule has 3 N–H and O–H groups in total. The molecule has 3 aromatic rings. The maximum absolute atomic E-state index is 12.7. The molecule has 40 heavy (non-hydrogen) atoms. The number of anilines is 2. The quantitative estimate of drug-likeness (QED) is 0.280. The molecule has 11 heteroatoms. The Hall–Kier alpha value is -4.22. The second kappa shape index (κ2) is 13.7. The van der Waals surface area contributed by atoms with Gasteiger partial charge in [-0.3, -0.25) is 14.4 Å². The van der Waals surface area contributed by atoms with Crippen LogP contribution in [0.4, 0.5) is 11.4 Å². The largest absolute Gasteiger partial charge is 0.494 e. The monoisotopic (exact) mass is 567 g/mol. The topological polar surface area (TPSA) is 140 Å². The Kier molecular flexibility index (Phi) is 10.4. The van der Waals surface area contributed by atoms with Crippen LogP contribution in [0.25, 0.3) is 0 Å². The van der Waals surface area contributed by atoms with Gasteiger partial charge in [-0.1, -0.05) is 31.5 Å². The van der Waals surface area contributed by atoms with Crippen LogP contribution in [0.3, 0.4) is 0 Å². The Labute approximate surface area is 234 Å². The highest BCUT2D eigenvalue weighted by Crippen LogP contribution is 2.18. The Balaban J connectivity index is 1.52. The number of hydrogen-bond donors (Lipinski definition) is 3. The average molecular weight is 568 g/mol. The standard InChI is InChI=1S/C29H33N3O7S/c1-5-38-24-14-12-23(13-15-24)31-28(34)21-8-10-22(11-9-21)30-26(33)18-39-29(35)27(19(2)3)32-40(36,37)25-16-6-20(4)7-17-25/h6-17,19,27,32H,5,18H2,1-4H3,(H,30,33)(H,31,34)/t27-/m0/s1. The summed E-state index contributed by atoms with van der Waals surface area (Å²) in [6.07, 6.45) is 0. The zero-order chi connectivity index (χ0) is 29.3. The Morgan fingerprint density at radius 3 is 1.98 bits per heavy atom. The first kappa shape index (κ1) is 30.3. The predicted octanol–water partition coefficient (Wildman–Crippen LogP) is 4.13. The van der Waals surface area contributed by atoms with E-state index in [-0.39, 0.29) is 10.8 Å². The molecular formula is C29H33N3O7S. The Morgan fingerprint density at radius 2 is 1.40 bits per heavy atom. The lowest BCUT2D eigenvalue weighted by atomic mass is 10.1. The summed E-state index contributed by atoms with van der Waals surface area (Å²) >= 11 is 0. The smallest absolute Gasteiger partial charge is 0.324 e. The molecule has 0 heterocycles. The highest BCUT2D eigenvalue weighted by Gasteiger charge is 2.30. The molecule has 1 atom stereocenters. The summed E-state index contributed by atoms with van der Waals surface area (Å²) in [6, 6.07) is 18.2. The number of rotatable bonds is 12. The first-order valence-corrected chi connectivity index (χ1v) is 14.2. The van der Waals surface area contributed by atoms with Crippen LogP contribution in [0.1, 0.15) is 36.7 Å². The normalized spacial score (nSPS) is 11.9. The summed E-state index contributed by atoms with van der Waals surface area (Å²) in [4.78, 5) is 37.6. The van der Waals surface area contributed by atoms with E-state index in [9.17, 15) is 22.8 Å². The van der Waals surface area contributed by atoms with Crippen LogP contribution in [-0.2, 0) is 24.3 Å². The third kappa shape index (κ3) is 8.65. The molecular weight excluding hydrogens is 534 g/mol. The van der Waals surface area contributed by atoms with E-state index in [0.717, 1.165) is 5.56 Å². The van der Waals surface area contributed by atoms with Gasteiger partial charge >= 0.3 is 5.97 Å². The molecule has 0 aliphatic carbocycles. The van der Waals surface area contributed by atoms with E-state index in [1.165, 1.54) is 12.1 Å². The minimum Gasteiger partial charge on any atom is -0.494 e. The van der Waals surface area contributed by atoms with E-state index < -0.39 is 40.5 Å². The fourth-order valence-electron chi connectivity index (χ4n) is 3.54. The van der Waals surface area contributed by atoms with Crippen LogP contribution >= 0.6 is 0 Å². The van der Waals surface area contributed by atoms with Gasteiger partial charge in [-0.15, -0.1) is 0 Å². The minimum atomic E-state index is -3.98. The third-order valence-electron chi connectivity index (χ3n) is 5.73. The van der Waals surface area contributed by atoms with Gasteiger partial charge in [-0.25, -0.2) is 8.42 Å². The lowest BCUT2D eigenvalue weighted by molar-refractivity contribution is -0.150. The summed E-state index contributed by atoms with van der Waals surface area (Å²) in [5.74, 6) is -1.55. The van der Waals surface area contributed by atoms with Crippen molar-refractivity contribution in [2.45, 2.75) is 38.6 Å². The molecule has 0 radical (unpaired) electrons. The van der Waals surface area contributed by atoms with Crippen molar-refractivity contribution in [1.82, 2.24) is 4.72 Å². The fourth-order valence-corrected chi connectivity index (χ4v) is 4.88. The van der Waals surface area contributed by atoms with Crippen molar-refractivity contribution in [3.63, 3.8) is 0 Å².